The Balaban J connectivity index is 2.13. The first-order valence-corrected chi connectivity index (χ1v) is 8.14. The molecular weight excluding hydrogens is 400 g/mol. The van der Waals surface area contributed by atoms with Crippen molar-refractivity contribution in [2.24, 2.45) is 0 Å². The maximum atomic E-state index is 13.1. The predicted octanol–water partition coefficient (Wildman–Crippen LogP) is 3.74. The number of anilines is 2. The van der Waals surface area contributed by atoms with Crippen molar-refractivity contribution in [3.05, 3.63) is 53.3 Å². The van der Waals surface area contributed by atoms with Crippen molar-refractivity contribution in [3.8, 4) is 5.75 Å². The summed E-state index contributed by atoms with van der Waals surface area (Å²) < 4.78 is 57.8. The number of alkyl halides is 3. The lowest BCUT2D eigenvalue weighted by Crippen LogP contribution is -2.45. The molecule has 0 aromatic heterocycles. The smallest absolute Gasteiger partial charge is 0.418 e. The third-order valence-electron chi connectivity index (χ3n) is 3.87. The van der Waals surface area contributed by atoms with Gasteiger partial charge in [0.15, 0.2) is 5.60 Å². The summed E-state index contributed by atoms with van der Waals surface area (Å²) in [5.41, 5.74) is -2.07. The van der Waals surface area contributed by atoms with E-state index in [0.29, 0.717) is 11.6 Å². The van der Waals surface area contributed by atoms with Gasteiger partial charge in [-0.05, 0) is 55.8 Å². The zero-order valence-corrected chi connectivity index (χ0v) is 15.3. The maximum Gasteiger partial charge on any atom is 0.418 e. The van der Waals surface area contributed by atoms with Gasteiger partial charge in [0.05, 0.1) is 11.3 Å². The number of benzene rings is 2. The quantitative estimate of drug-likeness (QED) is 0.311. The number of hydrogen-bond acceptors (Lipinski definition) is 6. The highest BCUT2D eigenvalue weighted by Crippen LogP contribution is 2.36. The Bertz CT molecular complexity index is 887. The molecule has 2 rings (SSSR count). The summed E-state index contributed by atoms with van der Waals surface area (Å²) in [5.74, 6) is -1.27. The molecule has 0 saturated heterocycles. The van der Waals surface area contributed by atoms with E-state index < -0.39 is 41.4 Å². The molecule has 0 unspecified atom stereocenters. The zero-order valence-electron chi connectivity index (χ0n) is 15.3. The highest BCUT2D eigenvalue weighted by Gasteiger charge is 2.35. The van der Waals surface area contributed by atoms with Crippen LogP contribution in [0.2, 0.25) is 0 Å². The van der Waals surface area contributed by atoms with Crippen LogP contribution in [0.25, 0.3) is 0 Å². The molecule has 1 amide bonds. The summed E-state index contributed by atoms with van der Waals surface area (Å²) in [6.07, 6.45) is -4.81. The molecule has 0 aliphatic rings. The van der Waals surface area contributed by atoms with E-state index in [-0.39, 0.29) is 11.4 Å². The lowest BCUT2D eigenvalue weighted by Gasteiger charge is -2.23. The Labute approximate surface area is 162 Å². The molecule has 7 nitrogen and oxygen atoms in total. The lowest BCUT2D eigenvalue weighted by molar-refractivity contribution is -0.216. The van der Waals surface area contributed by atoms with Gasteiger partial charge in [-0.15, -0.1) is 4.99 Å². The summed E-state index contributed by atoms with van der Waals surface area (Å²) >= 11 is 0. The lowest BCUT2D eigenvalue weighted by atomic mass is 10.1. The molecule has 158 valence electrons. The number of nitrogens with one attached hydrogen (secondary N) is 2. The van der Waals surface area contributed by atoms with Crippen molar-refractivity contribution in [2.45, 2.75) is 25.6 Å². The van der Waals surface area contributed by atoms with Crippen molar-refractivity contribution in [1.29, 1.82) is 0 Å². The minimum Gasteiger partial charge on any atom is -0.490 e. The second kappa shape index (κ2) is 8.64. The average molecular weight is 418 g/mol. The third kappa shape index (κ3) is 5.79. The number of ether oxygens (including phenoxy) is 1. The van der Waals surface area contributed by atoms with Crippen LogP contribution < -0.4 is 15.5 Å². The Morgan fingerprint density at radius 2 is 1.86 bits per heavy atom. The van der Waals surface area contributed by atoms with Crippen LogP contribution in [0, 0.1) is 12.7 Å². The molecule has 1 atom stereocenters. The molecule has 0 aliphatic heterocycles. The fourth-order valence-electron chi connectivity index (χ4n) is 2.32. The standard InChI is InChI=1S/C18H18F4N2O5/c1-10-7-11(19)3-6-15(10)28-9-17(2,26)16(25)23-12-4-5-14(24-29-27)13(8-12)18(20,21)22/h3-8,24,26-27H,9H2,1-2H3,(H,23,25)/t17-/m0/s1. The van der Waals surface area contributed by atoms with Gasteiger partial charge in [-0.3, -0.25) is 4.79 Å². The van der Waals surface area contributed by atoms with Gasteiger partial charge < -0.3 is 15.2 Å². The van der Waals surface area contributed by atoms with Gasteiger partial charge in [-0.25, -0.2) is 15.1 Å². The number of halogens is 4. The Kier molecular flexibility index (Phi) is 6.67. The van der Waals surface area contributed by atoms with Gasteiger partial charge in [0.25, 0.3) is 5.91 Å². The SMILES string of the molecule is Cc1cc(F)ccc1OC[C@](C)(O)C(=O)Nc1ccc(NOO)c(C(F)(F)F)c1. The molecule has 0 aliphatic carbocycles. The van der Waals surface area contributed by atoms with Crippen LogP contribution in [0.15, 0.2) is 36.4 Å². The molecule has 0 heterocycles. The van der Waals surface area contributed by atoms with Crippen LogP contribution in [-0.4, -0.2) is 28.5 Å². The van der Waals surface area contributed by atoms with E-state index in [1.54, 1.807) is 12.4 Å². The van der Waals surface area contributed by atoms with Crippen LogP contribution in [-0.2, 0) is 16.0 Å². The summed E-state index contributed by atoms with van der Waals surface area (Å²) in [7, 11) is 0. The van der Waals surface area contributed by atoms with Crippen LogP contribution in [0.3, 0.4) is 0 Å². The Morgan fingerprint density at radius 3 is 2.45 bits per heavy atom. The number of aryl methyl sites for hydroxylation is 1. The van der Waals surface area contributed by atoms with E-state index >= 15 is 0 Å². The van der Waals surface area contributed by atoms with Gasteiger partial charge in [0.1, 0.15) is 18.2 Å². The van der Waals surface area contributed by atoms with Crippen molar-refractivity contribution in [3.63, 3.8) is 0 Å². The number of carbonyl (C=O) groups excluding carboxylic acids is 1. The maximum absolute atomic E-state index is 13.1. The molecule has 0 spiro atoms. The highest BCUT2D eigenvalue weighted by molar-refractivity contribution is 5.97. The van der Waals surface area contributed by atoms with Gasteiger partial charge in [-0.2, -0.15) is 13.2 Å². The molecule has 0 bridgehead atoms. The minimum atomic E-state index is -4.81. The van der Waals surface area contributed by atoms with E-state index in [0.717, 1.165) is 25.1 Å². The monoisotopic (exact) mass is 418 g/mol. The molecule has 11 heteroatoms. The number of aliphatic hydroxyl groups is 1. The summed E-state index contributed by atoms with van der Waals surface area (Å²) in [6.45, 7) is 2.15. The summed E-state index contributed by atoms with van der Waals surface area (Å²) in [4.78, 5) is 15.8. The normalized spacial score (nSPS) is 13.5. The molecule has 0 fully saturated rings. The first kappa shape index (κ1) is 22.4. The van der Waals surface area contributed by atoms with Crippen LogP contribution in [0.4, 0.5) is 28.9 Å². The van der Waals surface area contributed by atoms with Crippen molar-refractivity contribution < 1.29 is 42.4 Å². The number of carbonyl (C=O) groups is 1. The first-order valence-electron chi connectivity index (χ1n) is 8.14. The van der Waals surface area contributed by atoms with E-state index in [1.807, 2.05) is 0 Å². The van der Waals surface area contributed by atoms with Gasteiger partial charge in [0, 0.05) is 5.69 Å². The number of hydrogen-bond donors (Lipinski definition) is 4. The fraction of sp³-hybridized carbons (Fsp3) is 0.278. The fourth-order valence-corrected chi connectivity index (χ4v) is 2.32. The van der Waals surface area contributed by atoms with Crippen LogP contribution in [0.1, 0.15) is 18.1 Å². The third-order valence-corrected chi connectivity index (χ3v) is 3.87. The molecule has 0 radical (unpaired) electrons. The molecular formula is C18H18F4N2O5. The van der Waals surface area contributed by atoms with Crippen molar-refractivity contribution >= 4 is 17.3 Å². The average Bonchev–Trinajstić information content (AvgIpc) is 2.61. The molecule has 2 aromatic rings. The van der Waals surface area contributed by atoms with Gasteiger partial charge in [-0.1, -0.05) is 0 Å². The Morgan fingerprint density at radius 1 is 1.17 bits per heavy atom. The van der Waals surface area contributed by atoms with Gasteiger partial charge in [0.2, 0.25) is 0 Å². The molecule has 4 N–H and O–H groups in total. The van der Waals surface area contributed by atoms with E-state index in [1.165, 1.54) is 12.1 Å². The first-order chi connectivity index (χ1) is 13.4. The summed E-state index contributed by atoms with van der Waals surface area (Å²) in [5, 5.41) is 20.8. The molecule has 29 heavy (non-hydrogen) atoms. The van der Waals surface area contributed by atoms with Crippen molar-refractivity contribution in [1.82, 2.24) is 0 Å². The van der Waals surface area contributed by atoms with E-state index in [9.17, 15) is 27.5 Å². The topological polar surface area (TPSA) is 100 Å². The van der Waals surface area contributed by atoms with Crippen LogP contribution >= 0.6 is 0 Å². The number of amides is 1. The largest absolute Gasteiger partial charge is 0.490 e. The Hall–Kier alpha value is -2.89. The van der Waals surface area contributed by atoms with E-state index in [4.69, 9.17) is 9.99 Å². The van der Waals surface area contributed by atoms with E-state index in [2.05, 4.69) is 10.3 Å². The molecule has 0 saturated carbocycles. The highest BCUT2D eigenvalue weighted by atomic mass is 19.4. The zero-order chi connectivity index (χ0) is 21.8. The minimum absolute atomic E-state index is 0.235. The second-order valence-electron chi connectivity index (χ2n) is 6.38. The summed E-state index contributed by atoms with van der Waals surface area (Å²) in [6, 6.07) is 6.29. The van der Waals surface area contributed by atoms with Crippen LogP contribution in [0.5, 0.6) is 5.75 Å². The predicted molar refractivity (Wildman–Crippen MR) is 94.7 cm³/mol. The molecule has 2 aromatic carbocycles. The van der Waals surface area contributed by atoms with Gasteiger partial charge >= 0.3 is 6.18 Å². The van der Waals surface area contributed by atoms with Crippen molar-refractivity contribution in [2.75, 3.05) is 17.4 Å². The number of rotatable bonds is 7. The second-order valence-corrected chi connectivity index (χ2v) is 6.38.